The van der Waals surface area contributed by atoms with Gasteiger partial charge in [0, 0.05) is 5.56 Å². The maximum atomic E-state index is 9.58. The van der Waals surface area contributed by atoms with E-state index in [0.29, 0.717) is 11.3 Å². The first-order valence-corrected chi connectivity index (χ1v) is 5.52. The van der Waals surface area contributed by atoms with Crippen molar-refractivity contribution in [3.63, 3.8) is 0 Å². The SMILES string of the molecule is COc1ncc(Cl)c(Oc2cccc(O)c2C)n1. The van der Waals surface area contributed by atoms with Crippen molar-refractivity contribution in [3.05, 3.63) is 35.0 Å². The lowest BCUT2D eigenvalue weighted by molar-refractivity contribution is 0.365. The lowest BCUT2D eigenvalue weighted by Gasteiger charge is -2.10. The summed E-state index contributed by atoms with van der Waals surface area (Å²) in [5.41, 5.74) is 0.603. The van der Waals surface area contributed by atoms with Gasteiger partial charge in [-0.2, -0.15) is 4.98 Å². The summed E-state index contributed by atoms with van der Waals surface area (Å²) in [4.78, 5) is 7.83. The molecule has 6 heteroatoms. The van der Waals surface area contributed by atoms with E-state index in [-0.39, 0.29) is 22.7 Å². The topological polar surface area (TPSA) is 64.5 Å². The highest BCUT2D eigenvalue weighted by Crippen LogP contribution is 2.32. The van der Waals surface area contributed by atoms with Crippen LogP contribution in [0.5, 0.6) is 23.4 Å². The molecule has 1 aromatic heterocycles. The van der Waals surface area contributed by atoms with Gasteiger partial charge in [0.2, 0.25) is 5.88 Å². The third kappa shape index (κ3) is 2.46. The Balaban J connectivity index is 2.36. The fourth-order valence-electron chi connectivity index (χ4n) is 1.32. The van der Waals surface area contributed by atoms with Crippen molar-refractivity contribution in [2.24, 2.45) is 0 Å². The number of phenolic OH excluding ortho intramolecular Hbond substituents is 1. The lowest BCUT2D eigenvalue weighted by atomic mass is 10.2. The Morgan fingerprint density at radius 3 is 2.83 bits per heavy atom. The predicted molar refractivity (Wildman–Crippen MR) is 66.5 cm³/mol. The summed E-state index contributed by atoms with van der Waals surface area (Å²) in [5, 5.41) is 9.84. The van der Waals surface area contributed by atoms with Crippen LogP contribution in [-0.2, 0) is 0 Å². The lowest BCUT2D eigenvalue weighted by Crippen LogP contribution is -1.96. The number of ether oxygens (including phenoxy) is 2. The summed E-state index contributed by atoms with van der Waals surface area (Å²) in [6.45, 7) is 1.73. The highest BCUT2D eigenvalue weighted by molar-refractivity contribution is 6.31. The van der Waals surface area contributed by atoms with E-state index >= 15 is 0 Å². The Bertz CT molecular complexity index is 575. The standard InChI is InChI=1S/C12H11ClN2O3/c1-7-9(16)4-3-5-10(7)18-11-8(13)6-14-12(15-11)17-2/h3-6,16H,1-2H3. The van der Waals surface area contributed by atoms with Gasteiger partial charge >= 0.3 is 6.01 Å². The molecule has 1 heterocycles. The normalized spacial score (nSPS) is 10.2. The smallest absolute Gasteiger partial charge is 0.319 e. The molecule has 1 N–H and O–H groups in total. The average Bonchev–Trinajstić information content (AvgIpc) is 2.37. The number of phenols is 1. The van der Waals surface area contributed by atoms with Gasteiger partial charge in [0.05, 0.1) is 13.3 Å². The summed E-state index contributed by atoms with van der Waals surface area (Å²) in [7, 11) is 1.45. The van der Waals surface area contributed by atoms with Gasteiger partial charge in [-0.1, -0.05) is 17.7 Å². The molecule has 2 rings (SSSR count). The molecular weight excluding hydrogens is 256 g/mol. The Hall–Kier alpha value is -2.01. The van der Waals surface area contributed by atoms with Gasteiger partial charge in [-0.05, 0) is 19.1 Å². The molecule has 0 radical (unpaired) electrons. The van der Waals surface area contributed by atoms with Crippen molar-refractivity contribution < 1.29 is 14.6 Å². The summed E-state index contributed by atoms with van der Waals surface area (Å²) in [5.74, 6) is 0.791. The Labute approximate surface area is 109 Å². The molecule has 1 aromatic carbocycles. The number of hydrogen-bond acceptors (Lipinski definition) is 5. The summed E-state index contributed by atoms with van der Waals surface area (Å²) < 4.78 is 10.4. The van der Waals surface area contributed by atoms with Crippen molar-refractivity contribution in [1.82, 2.24) is 9.97 Å². The molecule has 0 amide bonds. The Kier molecular flexibility index (Phi) is 3.53. The zero-order valence-corrected chi connectivity index (χ0v) is 10.6. The van der Waals surface area contributed by atoms with Crippen LogP contribution in [0, 0.1) is 6.92 Å². The van der Waals surface area contributed by atoms with Gasteiger partial charge in [-0.15, -0.1) is 0 Å². The molecule has 0 saturated heterocycles. The van der Waals surface area contributed by atoms with Gasteiger partial charge in [0.1, 0.15) is 16.5 Å². The van der Waals surface area contributed by atoms with Crippen LogP contribution in [0.4, 0.5) is 0 Å². The molecule has 0 aliphatic carbocycles. The van der Waals surface area contributed by atoms with E-state index in [1.165, 1.54) is 13.3 Å². The quantitative estimate of drug-likeness (QED) is 0.925. The highest BCUT2D eigenvalue weighted by Gasteiger charge is 2.11. The maximum Gasteiger partial charge on any atom is 0.319 e. The molecule has 0 spiro atoms. The number of aromatic nitrogens is 2. The van der Waals surface area contributed by atoms with E-state index in [1.54, 1.807) is 25.1 Å². The predicted octanol–water partition coefficient (Wildman–Crippen LogP) is 2.94. The van der Waals surface area contributed by atoms with Gasteiger partial charge in [-0.25, -0.2) is 4.98 Å². The van der Waals surface area contributed by atoms with Crippen molar-refractivity contribution in [1.29, 1.82) is 0 Å². The van der Waals surface area contributed by atoms with Crippen molar-refractivity contribution in [2.45, 2.75) is 6.92 Å². The minimum atomic E-state index is 0.143. The monoisotopic (exact) mass is 266 g/mol. The first-order valence-electron chi connectivity index (χ1n) is 5.14. The van der Waals surface area contributed by atoms with Crippen molar-refractivity contribution in [3.8, 4) is 23.4 Å². The summed E-state index contributed by atoms with van der Waals surface area (Å²) >= 11 is 5.93. The fourth-order valence-corrected chi connectivity index (χ4v) is 1.45. The van der Waals surface area contributed by atoms with Crippen LogP contribution in [0.2, 0.25) is 5.02 Å². The molecule has 0 bridgehead atoms. The number of methoxy groups -OCH3 is 1. The third-order valence-electron chi connectivity index (χ3n) is 2.33. The molecule has 0 atom stereocenters. The molecule has 0 unspecified atom stereocenters. The van der Waals surface area contributed by atoms with E-state index in [2.05, 4.69) is 9.97 Å². The van der Waals surface area contributed by atoms with Crippen LogP contribution in [0.25, 0.3) is 0 Å². The van der Waals surface area contributed by atoms with Crippen molar-refractivity contribution in [2.75, 3.05) is 7.11 Å². The van der Waals surface area contributed by atoms with Crippen LogP contribution in [0.15, 0.2) is 24.4 Å². The van der Waals surface area contributed by atoms with Crippen LogP contribution in [-0.4, -0.2) is 22.2 Å². The first kappa shape index (κ1) is 12.4. The largest absolute Gasteiger partial charge is 0.508 e. The third-order valence-corrected chi connectivity index (χ3v) is 2.59. The van der Waals surface area contributed by atoms with Gasteiger partial charge in [0.25, 0.3) is 0 Å². The Morgan fingerprint density at radius 1 is 1.33 bits per heavy atom. The zero-order chi connectivity index (χ0) is 13.1. The molecule has 0 fully saturated rings. The van der Waals surface area contributed by atoms with Crippen LogP contribution < -0.4 is 9.47 Å². The van der Waals surface area contributed by atoms with E-state index in [1.807, 2.05) is 0 Å². The molecule has 0 aliphatic heterocycles. The summed E-state index contributed by atoms with van der Waals surface area (Å²) in [6.07, 6.45) is 1.39. The first-order chi connectivity index (χ1) is 8.61. The van der Waals surface area contributed by atoms with Crippen molar-refractivity contribution >= 4 is 11.6 Å². The fraction of sp³-hybridized carbons (Fsp3) is 0.167. The minimum Gasteiger partial charge on any atom is -0.508 e. The number of hydrogen-bond donors (Lipinski definition) is 1. The van der Waals surface area contributed by atoms with Crippen LogP contribution in [0.3, 0.4) is 0 Å². The van der Waals surface area contributed by atoms with Gasteiger partial charge in [-0.3, -0.25) is 0 Å². The molecular formula is C12H11ClN2O3. The van der Waals surface area contributed by atoms with E-state index in [9.17, 15) is 5.11 Å². The number of halogens is 1. The molecule has 0 saturated carbocycles. The number of nitrogens with zero attached hydrogens (tertiary/aromatic N) is 2. The molecule has 18 heavy (non-hydrogen) atoms. The minimum absolute atomic E-state index is 0.143. The van der Waals surface area contributed by atoms with Gasteiger partial charge in [0.15, 0.2) is 0 Å². The van der Waals surface area contributed by atoms with E-state index in [4.69, 9.17) is 21.1 Å². The number of benzene rings is 1. The molecule has 94 valence electrons. The average molecular weight is 267 g/mol. The van der Waals surface area contributed by atoms with Crippen LogP contribution >= 0.6 is 11.6 Å². The molecule has 2 aromatic rings. The second-order valence-corrected chi connectivity index (χ2v) is 3.92. The molecule has 0 aliphatic rings. The summed E-state index contributed by atoms with van der Waals surface area (Å²) in [6, 6.07) is 5.11. The van der Waals surface area contributed by atoms with E-state index in [0.717, 1.165) is 0 Å². The second-order valence-electron chi connectivity index (χ2n) is 3.51. The Morgan fingerprint density at radius 2 is 2.11 bits per heavy atom. The molecule has 5 nitrogen and oxygen atoms in total. The second kappa shape index (κ2) is 5.10. The number of aromatic hydroxyl groups is 1. The zero-order valence-electron chi connectivity index (χ0n) is 9.85. The van der Waals surface area contributed by atoms with Gasteiger partial charge < -0.3 is 14.6 Å². The highest BCUT2D eigenvalue weighted by atomic mass is 35.5. The number of rotatable bonds is 3. The van der Waals surface area contributed by atoms with E-state index < -0.39 is 0 Å². The van der Waals surface area contributed by atoms with Crippen LogP contribution in [0.1, 0.15) is 5.56 Å². The maximum absolute atomic E-state index is 9.58.